The molecule has 0 aliphatic rings. The van der Waals surface area contributed by atoms with E-state index < -0.39 is 0 Å². The van der Waals surface area contributed by atoms with E-state index in [1.54, 1.807) is 11.8 Å². The molecule has 1 amide bonds. The average molecular weight is 368 g/mol. The maximum Gasteiger partial charge on any atom is 0.230 e. The normalized spacial score (nSPS) is 11.7. The minimum absolute atomic E-state index is 0.0796. The van der Waals surface area contributed by atoms with Gasteiger partial charge in [0.1, 0.15) is 0 Å². The van der Waals surface area contributed by atoms with Gasteiger partial charge in [-0.3, -0.25) is 4.79 Å². The molecule has 0 aliphatic heterocycles. The maximum absolute atomic E-state index is 12.0. The first kappa shape index (κ1) is 18.5. The van der Waals surface area contributed by atoms with E-state index in [-0.39, 0.29) is 10.7 Å². The van der Waals surface area contributed by atoms with E-state index in [0.717, 1.165) is 23.1 Å². The Morgan fingerprint density at radius 3 is 2.69 bits per heavy atom. The highest BCUT2D eigenvalue weighted by molar-refractivity contribution is 8.01. The maximum atomic E-state index is 12.0. The van der Waals surface area contributed by atoms with Crippen molar-refractivity contribution in [1.29, 1.82) is 0 Å². The molecular formula is C21H25N3OS. The van der Waals surface area contributed by atoms with Gasteiger partial charge >= 0.3 is 0 Å². The Kier molecular flexibility index (Phi) is 5.67. The number of para-hydroxylation sites is 2. The number of benzene rings is 2. The second kappa shape index (κ2) is 7.96. The van der Waals surface area contributed by atoms with E-state index >= 15 is 0 Å². The van der Waals surface area contributed by atoms with Crippen LogP contribution in [-0.2, 0) is 17.9 Å². The van der Waals surface area contributed by atoms with Crippen molar-refractivity contribution in [3.63, 3.8) is 0 Å². The second-order valence-corrected chi connectivity index (χ2v) is 9.16. The first-order valence-corrected chi connectivity index (χ1v) is 9.78. The molecule has 1 aromatic heterocycles. The Balaban J connectivity index is 1.61. The van der Waals surface area contributed by atoms with Gasteiger partial charge in [0.2, 0.25) is 5.91 Å². The minimum atomic E-state index is 0.0796. The fraction of sp³-hybridized carbons (Fsp3) is 0.333. The van der Waals surface area contributed by atoms with Gasteiger partial charge in [-0.1, -0.05) is 57.2 Å². The van der Waals surface area contributed by atoms with E-state index in [2.05, 4.69) is 53.8 Å². The Hall–Kier alpha value is -2.27. The lowest BCUT2D eigenvalue weighted by atomic mass is 10.1. The highest BCUT2D eigenvalue weighted by Crippen LogP contribution is 2.22. The number of carbonyl (C=O) groups is 1. The summed E-state index contributed by atoms with van der Waals surface area (Å²) >= 11 is 1.66. The molecule has 0 spiro atoms. The molecule has 0 aliphatic carbocycles. The Morgan fingerprint density at radius 1 is 1.12 bits per heavy atom. The molecule has 3 rings (SSSR count). The van der Waals surface area contributed by atoms with Gasteiger partial charge in [0.25, 0.3) is 0 Å². The van der Waals surface area contributed by atoms with Crippen LogP contribution in [0.3, 0.4) is 0 Å². The first-order valence-electron chi connectivity index (χ1n) is 8.79. The number of rotatable bonds is 6. The molecular weight excluding hydrogens is 342 g/mol. The highest BCUT2D eigenvalue weighted by atomic mass is 32.2. The van der Waals surface area contributed by atoms with Crippen molar-refractivity contribution < 1.29 is 4.79 Å². The average Bonchev–Trinajstić information content (AvgIpc) is 3.01. The molecule has 0 saturated heterocycles. The van der Waals surface area contributed by atoms with Crippen molar-refractivity contribution in [1.82, 2.24) is 14.9 Å². The summed E-state index contributed by atoms with van der Waals surface area (Å²) in [5.41, 5.74) is 4.45. The van der Waals surface area contributed by atoms with Gasteiger partial charge in [-0.05, 0) is 23.3 Å². The van der Waals surface area contributed by atoms with E-state index in [9.17, 15) is 4.79 Å². The van der Waals surface area contributed by atoms with E-state index in [4.69, 9.17) is 0 Å². The van der Waals surface area contributed by atoms with E-state index in [1.165, 1.54) is 5.56 Å². The van der Waals surface area contributed by atoms with Crippen LogP contribution in [0.1, 0.15) is 31.9 Å². The molecule has 2 aromatic carbocycles. The molecule has 0 unspecified atom stereocenters. The third-order valence-electron chi connectivity index (χ3n) is 4.00. The molecule has 0 fully saturated rings. The van der Waals surface area contributed by atoms with Gasteiger partial charge in [-0.2, -0.15) is 0 Å². The van der Waals surface area contributed by atoms with Crippen LogP contribution in [0.5, 0.6) is 0 Å². The lowest BCUT2D eigenvalue weighted by Gasteiger charge is -2.17. The largest absolute Gasteiger partial charge is 0.351 e. The summed E-state index contributed by atoms with van der Waals surface area (Å²) in [4.78, 5) is 16.4. The zero-order valence-electron chi connectivity index (χ0n) is 15.5. The van der Waals surface area contributed by atoms with Crippen LogP contribution >= 0.6 is 11.8 Å². The number of nitrogens with zero attached hydrogens (tertiary/aromatic N) is 2. The van der Waals surface area contributed by atoms with E-state index in [1.807, 2.05) is 36.7 Å². The summed E-state index contributed by atoms with van der Waals surface area (Å²) in [6.07, 6.45) is 1.88. The zero-order chi connectivity index (χ0) is 18.6. The fourth-order valence-electron chi connectivity index (χ4n) is 2.70. The summed E-state index contributed by atoms with van der Waals surface area (Å²) in [6.45, 7) is 7.68. The van der Waals surface area contributed by atoms with Gasteiger partial charge in [-0.25, -0.2) is 4.98 Å². The quantitative estimate of drug-likeness (QED) is 0.709. The molecule has 1 N–H and O–H groups in total. The summed E-state index contributed by atoms with van der Waals surface area (Å²) in [5.74, 6) is 0.570. The van der Waals surface area contributed by atoms with E-state index in [0.29, 0.717) is 12.3 Å². The summed E-state index contributed by atoms with van der Waals surface area (Å²) in [7, 11) is 0. The molecule has 5 heteroatoms. The summed E-state index contributed by atoms with van der Waals surface area (Å²) in [5, 5.41) is 3.01. The Labute approximate surface area is 159 Å². The monoisotopic (exact) mass is 367 g/mol. The van der Waals surface area contributed by atoms with Crippen molar-refractivity contribution in [2.24, 2.45) is 0 Å². The number of fused-ring (bicyclic) bond motifs is 1. The van der Waals surface area contributed by atoms with Crippen LogP contribution in [0.25, 0.3) is 11.0 Å². The highest BCUT2D eigenvalue weighted by Gasteiger charge is 2.13. The van der Waals surface area contributed by atoms with Crippen molar-refractivity contribution in [2.45, 2.75) is 38.6 Å². The number of imidazole rings is 1. The van der Waals surface area contributed by atoms with Gasteiger partial charge in [0.15, 0.2) is 0 Å². The van der Waals surface area contributed by atoms with Crippen LogP contribution in [0.2, 0.25) is 0 Å². The van der Waals surface area contributed by atoms with Crippen molar-refractivity contribution >= 4 is 28.7 Å². The first-order chi connectivity index (χ1) is 12.4. The van der Waals surface area contributed by atoms with Crippen LogP contribution in [0, 0.1) is 0 Å². The topological polar surface area (TPSA) is 46.9 Å². The van der Waals surface area contributed by atoms with Crippen molar-refractivity contribution in [3.05, 3.63) is 66.0 Å². The molecule has 0 atom stereocenters. The van der Waals surface area contributed by atoms with Crippen LogP contribution in [0.4, 0.5) is 0 Å². The predicted molar refractivity (Wildman–Crippen MR) is 109 cm³/mol. The van der Waals surface area contributed by atoms with Gasteiger partial charge in [0, 0.05) is 17.8 Å². The molecule has 0 bridgehead atoms. The van der Waals surface area contributed by atoms with Gasteiger partial charge < -0.3 is 9.88 Å². The third-order valence-corrected chi connectivity index (χ3v) is 5.27. The fourth-order valence-corrected chi connectivity index (χ4v) is 3.37. The number of amides is 1. The molecule has 136 valence electrons. The molecule has 4 nitrogen and oxygen atoms in total. The number of carbonyl (C=O) groups excluding carboxylic acids is 1. The summed E-state index contributed by atoms with van der Waals surface area (Å²) in [6, 6.07) is 16.5. The third kappa shape index (κ3) is 5.11. The van der Waals surface area contributed by atoms with Crippen LogP contribution in [0.15, 0.2) is 54.9 Å². The lowest BCUT2D eigenvalue weighted by Crippen LogP contribution is -2.26. The number of aromatic nitrogens is 2. The smallest absolute Gasteiger partial charge is 0.230 e. The predicted octanol–water partition coefficient (Wildman–Crippen LogP) is 4.23. The second-order valence-electron chi connectivity index (χ2n) is 7.36. The molecule has 0 radical (unpaired) electrons. The number of hydrogen-bond acceptors (Lipinski definition) is 3. The van der Waals surface area contributed by atoms with Crippen molar-refractivity contribution in [2.75, 3.05) is 5.75 Å². The molecule has 3 aromatic rings. The Bertz CT molecular complexity index is 895. The standard InChI is InChI=1S/C21H25N3OS/c1-21(2,3)26-14-20(25)22-12-16-7-6-8-17(11-16)13-24-15-23-18-9-4-5-10-19(18)24/h4-11,15H,12-14H2,1-3H3,(H,22,25). The van der Waals surface area contributed by atoms with Gasteiger partial charge in [0.05, 0.1) is 23.1 Å². The SMILES string of the molecule is CC(C)(C)SCC(=O)NCc1cccc(Cn2cnc3ccccc32)c1. The lowest BCUT2D eigenvalue weighted by molar-refractivity contribution is -0.118. The van der Waals surface area contributed by atoms with Crippen LogP contribution in [-0.4, -0.2) is 26.0 Å². The summed E-state index contributed by atoms with van der Waals surface area (Å²) < 4.78 is 2.25. The van der Waals surface area contributed by atoms with Crippen LogP contribution < -0.4 is 5.32 Å². The van der Waals surface area contributed by atoms with Gasteiger partial charge in [-0.15, -0.1) is 11.8 Å². The minimum Gasteiger partial charge on any atom is -0.351 e. The molecule has 26 heavy (non-hydrogen) atoms. The zero-order valence-corrected chi connectivity index (χ0v) is 16.3. The number of nitrogens with one attached hydrogen (secondary N) is 1. The van der Waals surface area contributed by atoms with Crippen molar-refractivity contribution in [3.8, 4) is 0 Å². The Morgan fingerprint density at radius 2 is 1.88 bits per heavy atom. The molecule has 0 saturated carbocycles. The number of hydrogen-bond donors (Lipinski definition) is 1. The molecule has 1 heterocycles. The number of thioether (sulfide) groups is 1.